The van der Waals surface area contributed by atoms with E-state index in [0.29, 0.717) is 18.8 Å². The molecule has 1 atom stereocenters. The molecule has 0 saturated heterocycles. The summed E-state index contributed by atoms with van der Waals surface area (Å²) in [6.07, 6.45) is 14.7. The first-order valence-corrected chi connectivity index (χ1v) is 7.46. The highest BCUT2D eigenvalue weighted by Crippen LogP contribution is 2.41. The van der Waals surface area contributed by atoms with Crippen molar-refractivity contribution in [3.05, 3.63) is 0 Å². The largest absolute Gasteiger partial charge is 0.237 e. The van der Waals surface area contributed by atoms with E-state index in [4.69, 9.17) is 0 Å². The third-order valence-corrected chi connectivity index (χ3v) is 4.70. The Morgan fingerprint density at radius 3 is 2.16 bits per heavy atom. The van der Waals surface area contributed by atoms with Gasteiger partial charge in [0.25, 0.3) is 0 Å². The Morgan fingerprint density at radius 1 is 0.895 bits per heavy atom. The third kappa shape index (κ3) is 3.86. The number of hydrogen-bond donors (Lipinski definition) is 0. The minimum atomic E-state index is -0.846. The van der Waals surface area contributed by atoms with Gasteiger partial charge in [-0.3, -0.25) is 0 Å². The molecule has 0 spiro atoms. The summed E-state index contributed by atoms with van der Waals surface area (Å²) in [5, 5.41) is 0. The van der Waals surface area contributed by atoms with Crippen LogP contribution in [-0.4, -0.2) is 17.8 Å². The molecule has 0 heterocycles. The lowest BCUT2D eigenvalue weighted by Crippen LogP contribution is -2.32. The van der Waals surface area contributed by atoms with Crippen molar-refractivity contribution in [2.24, 2.45) is 21.8 Å². The van der Waals surface area contributed by atoms with Crippen molar-refractivity contribution in [3.63, 3.8) is 0 Å². The number of isocyanates is 2. The van der Waals surface area contributed by atoms with Gasteiger partial charge in [-0.15, -0.1) is 0 Å². The van der Waals surface area contributed by atoms with E-state index in [1.165, 1.54) is 44.9 Å². The zero-order chi connectivity index (χ0) is 13.6. The minimum absolute atomic E-state index is 0.533. The van der Waals surface area contributed by atoms with Gasteiger partial charge in [-0.05, 0) is 37.5 Å². The Hall–Kier alpha value is -1.24. The molecule has 4 heteroatoms. The molecule has 0 radical (unpaired) electrons. The molecule has 4 nitrogen and oxygen atoms in total. The standard InChI is InChI=1S/C15H22N2O2/c18-11-16-15(17-12-19)8-4-7-14(10-15)9-13-5-2-1-3-6-13/h13-14H,1-10H2. The highest BCUT2D eigenvalue weighted by atomic mass is 16.1. The van der Waals surface area contributed by atoms with Crippen molar-refractivity contribution in [2.75, 3.05) is 0 Å². The van der Waals surface area contributed by atoms with Crippen LogP contribution in [0.5, 0.6) is 0 Å². The zero-order valence-corrected chi connectivity index (χ0v) is 11.4. The number of aliphatic imine (C=N–C) groups is 2. The van der Waals surface area contributed by atoms with Crippen LogP contribution in [-0.2, 0) is 9.59 Å². The molecular weight excluding hydrogens is 240 g/mol. The van der Waals surface area contributed by atoms with E-state index in [2.05, 4.69) is 9.98 Å². The van der Waals surface area contributed by atoms with Gasteiger partial charge in [-0.1, -0.05) is 38.5 Å². The first kappa shape index (κ1) is 14.2. The maximum absolute atomic E-state index is 10.6. The van der Waals surface area contributed by atoms with E-state index in [1.807, 2.05) is 0 Å². The first-order valence-electron chi connectivity index (χ1n) is 7.46. The molecule has 2 saturated carbocycles. The smallest absolute Gasteiger partial charge is 0.211 e. The van der Waals surface area contributed by atoms with Crippen molar-refractivity contribution < 1.29 is 9.59 Å². The van der Waals surface area contributed by atoms with E-state index in [-0.39, 0.29) is 0 Å². The van der Waals surface area contributed by atoms with E-state index >= 15 is 0 Å². The molecule has 0 bridgehead atoms. The minimum Gasteiger partial charge on any atom is -0.211 e. The van der Waals surface area contributed by atoms with E-state index < -0.39 is 5.66 Å². The molecule has 2 fully saturated rings. The van der Waals surface area contributed by atoms with E-state index in [1.54, 1.807) is 12.2 Å². The van der Waals surface area contributed by atoms with Crippen LogP contribution in [0.2, 0.25) is 0 Å². The Balaban J connectivity index is 1.98. The van der Waals surface area contributed by atoms with Crippen LogP contribution < -0.4 is 0 Å². The maximum atomic E-state index is 10.6. The number of nitrogens with zero attached hydrogens (tertiary/aromatic N) is 2. The van der Waals surface area contributed by atoms with Crippen LogP contribution in [0.25, 0.3) is 0 Å². The molecule has 2 rings (SSSR count). The Morgan fingerprint density at radius 2 is 1.53 bits per heavy atom. The predicted octanol–water partition coefficient (Wildman–Crippen LogP) is 3.51. The summed E-state index contributed by atoms with van der Waals surface area (Å²) in [6, 6.07) is 0. The topological polar surface area (TPSA) is 58.9 Å². The Kier molecular flexibility index (Phi) is 5.07. The lowest BCUT2D eigenvalue weighted by Gasteiger charge is -2.35. The van der Waals surface area contributed by atoms with Gasteiger partial charge in [0.05, 0.1) is 0 Å². The summed E-state index contributed by atoms with van der Waals surface area (Å²) in [5.41, 5.74) is -0.846. The predicted molar refractivity (Wildman–Crippen MR) is 72.1 cm³/mol. The van der Waals surface area contributed by atoms with Crippen molar-refractivity contribution >= 4 is 12.2 Å². The second-order valence-corrected chi connectivity index (χ2v) is 6.09. The fourth-order valence-corrected chi connectivity index (χ4v) is 3.83. The van der Waals surface area contributed by atoms with Gasteiger partial charge in [0.2, 0.25) is 12.2 Å². The summed E-state index contributed by atoms with van der Waals surface area (Å²) in [7, 11) is 0. The Bertz CT molecular complexity index is 371. The van der Waals surface area contributed by atoms with Gasteiger partial charge in [-0.2, -0.15) is 9.98 Å². The fourth-order valence-electron chi connectivity index (χ4n) is 3.83. The summed E-state index contributed by atoms with van der Waals surface area (Å²) >= 11 is 0. The molecule has 2 aliphatic carbocycles. The van der Waals surface area contributed by atoms with Crippen LogP contribution in [0.3, 0.4) is 0 Å². The normalized spacial score (nSPS) is 32.1. The van der Waals surface area contributed by atoms with Crippen LogP contribution in [0.15, 0.2) is 9.98 Å². The average molecular weight is 262 g/mol. The van der Waals surface area contributed by atoms with Gasteiger partial charge < -0.3 is 0 Å². The zero-order valence-electron chi connectivity index (χ0n) is 11.4. The summed E-state index contributed by atoms with van der Waals surface area (Å²) < 4.78 is 0. The number of hydrogen-bond acceptors (Lipinski definition) is 4. The highest BCUT2D eigenvalue weighted by molar-refractivity contribution is 5.39. The van der Waals surface area contributed by atoms with Crippen LogP contribution >= 0.6 is 0 Å². The first-order chi connectivity index (χ1) is 9.28. The summed E-state index contributed by atoms with van der Waals surface area (Å²) in [4.78, 5) is 28.8. The van der Waals surface area contributed by atoms with Gasteiger partial charge in [0, 0.05) is 0 Å². The summed E-state index contributed by atoms with van der Waals surface area (Å²) in [6.45, 7) is 0. The second-order valence-electron chi connectivity index (χ2n) is 6.09. The van der Waals surface area contributed by atoms with Crippen molar-refractivity contribution in [1.82, 2.24) is 0 Å². The SMILES string of the molecule is O=C=NC1(N=C=O)CCCC(CC2CCCCC2)C1. The van der Waals surface area contributed by atoms with Crippen molar-refractivity contribution in [3.8, 4) is 0 Å². The maximum Gasteiger partial charge on any atom is 0.237 e. The van der Waals surface area contributed by atoms with E-state index in [0.717, 1.165) is 12.3 Å². The van der Waals surface area contributed by atoms with Gasteiger partial charge >= 0.3 is 0 Å². The third-order valence-electron chi connectivity index (χ3n) is 4.70. The molecule has 19 heavy (non-hydrogen) atoms. The Labute approximate surface area is 114 Å². The molecule has 1 unspecified atom stereocenters. The molecule has 0 N–H and O–H groups in total. The molecule has 2 aliphatic rings. The van der Waals surface area contributed by atoms with Crippen LogP contribution in [0, 0.1) is 11.8 Å². The highest BCUT2D eigenvalue weighted by Gasteiger charge is 2.37. The molecule has 0 aliphatic heterocycles. The van der Waals surface area contributed by atoms with Gasteiger partial charge in [0.1, 0.15) is 0 Å². The average Bonchev–Trinajstić information content (AvgIpc) is 2.41. The lowest BCUT2D eigenvalue weighted by atomic mass is 9.74. The second kappa shape index (κ2) is 6.79. The van der Waals surface area contributed by atoms with Crippen LogP contribution in [0.4, 0.5) is 0 Å². The lowest BCUT2D eigenvalue weighted by molar-refractivity contribution is 0.186. The quantitative estimate of drug-likeness (QED) is 0.575. The van der Waals surface area contributed by atoms with Crippen molar-refractivity contribution in [1.29, 1.82) is 0 Å². The fraction of sp³-hybridized carbons (Fsp3) is 0.867. The summed E-state index contributed by atoms with van der Waals surface area (Å²) in [5.74, 6) is 1.35. The monoisotopic (exact) mass is 262 g/mol. The van der Waals surface area contributed by atoms with Gasteiger partial charge in [0.15, 0.2) is 5.66 Å². The number of carbonyl (C=O) groups excluding carboxylic acids is 2. The molecular formula is C15H22N2O2. The molecule has 0 aromatic rings. The molecule has 104 valence electrons. The van der Waals surface area contributed by atoms with Crippen molar-refractivity contribution in [2.45, 2.75) is 69.9 Å². The molecule has 0 aromatic heterocycles. The van der Waals surface area contributed by atoms with Crippen LogP contribution in [0.1, 0.15) is 64.2 Å². The molecule has 0 amide bonds. The molecule has 0 aromatic carbocycles. The van der Waals surface area contributed by atoms with E-state index in [9.17, 15) is 9.59 Å². The number of rotatable bonds is 4. The van der Waals surface area contributed by atoms with Gasteiger partial charge in [-0.25, -0.2) is 9.59 Å².